The minimum atomic E-state index is 0.351. The van der Waals surface area contributed by atoms with Gasteiger partial charge in [0.15, 0.2) is 0 Å². The lowest BCUT2D eigenvalue weighted by Crippen LogP contribution is -2.00. The summed E-state index contributed by atoms with van der Waals surface area (Å²) in [7, 11) is 0. The second-order valence-corrected chi connectivity index (χ2v) is 5.38. The van der Waals surface area contributed by atoms with Crippen LogP contribution in [0, 0.1) is 0 Å². The number of ether oxygens (including phenoxy) is 1. The molecule has 0 aliphatic carbocycles. The van der Waals surface area contributed by atoms with Gasteiger partial charge >= 0.3 is 0 Å². The fraction of sp³-hybridized carbons (Fsp3) is 0.235. The molecule has 0 amide bonds. The predicted molar refractivity (Wildman–Crippen MR) is 85.3 cm³/mol. The van der Waals surface area contributed by atoms with Gasteiger partial charge in [-0.25, -0.2) is 0 Å². The van der Waals surface area contributed by atoms with E-state index in [0.717, 1.165) is 27.9 Å². The van der Waals surface area contributed by atoms with Crippen molar-refractivity contribution in [3.05, 3.63) is 54.5 Å². The Hall–Kier alpha value is -2.49. The summed E-state index contributed by atoms with van der Waals surface area (Å²) in [6, 6.07) is 10.1. The summed E-state index contributed by atoms with van der Waals surface area (Å²) in [6.45, 7) is 4.81. The zero-order chi connectivity index (χ0) is 14.8. The molecule has 0 aliphatic rings. The standard InChI is InChI=1S/C17H19N3O/c1-12(2)20-10-13(11-21-14-5-4-8-19-9-14)15-6-3-7-16(18)17(15)20/h3-10,12H,11,18H2,1-2H3. The van der Waals surface area contributed by atoms with E-state index in [0.29, 0.717) is 12.6 Å². The molecule has 3 rings (SSSR count). The monoisotopic (exact) mass is 281 g/mol. The van der Waals surface area contributed by atoms with Crippen LogP contribution in [0.4, 0.5) is 5.69 Å². The molecule has 0 saturated heterocycles. The molecule has 0 unspecified atom stereocenters. The molecule has 0 saturated carbocycles. The highest BCUT2D eigenvalue weighted by molar-refractivity contribution is 5.93. The fourth-order valence-electron chi connectivity index (χ4n) is 2.53. The van der Waals surface area contributed by atoms with Crippen molar-refractivity contribution in [3.8, 4) is 5.75 Å². The highest BCUT2D eigenvalue weighted by Crippen LogP contribution is 2.29. The average molecular weight is 281 g/mol. The highest BCUT2D eigenvalue weighted by Gasteiger charge is 2.13. The van der Waals surface area contributed by atoms with Gasteiger partial charge in [0, 0.05) is 29.4 Å². The van der Waals surface area contributed by atoms with Crippen LogP contribution < -0.4 is 10.5 Å². The van der Waals surface area contributed by atoms with E-state index in [-0.39, 0.29) is 0 Å². The van der Waals surface area contributed by atoms with Gasteiger partial charge in [-0.3, -0.25) is 4.98 Å². The summed E-state index contributed by atoms with van der Waals surface area (Å²) < 4.78 is 8.02. The number of nitrogens with two attached hydrogens (primary N) is 1. The molecular formula is C17H19N3O. The zero-order valence-corrected chi connectivity index (χ0v) is 12.3. The zero-order valence-electron chi connectivity index (χ0n) is 12.3. The quantitative estimate of drug-likeness (QED) is 0.740. The molecule has 0 fully saturated rings. The summed E-state index contributed by atoms with van der Waals surface area (Å²) in [5, 5.41) is 1.15. The number of benzene rings is 1. The average Bonchev–Trinajstić information content (AvgIpc) is 2.87. The molecule has 0 atom stereocenters. The third-order valence-corrected chi connectivity index (χ3v) is 3.55. The van der Waals surface area contributed by atoms with Gasteiger partial charge in [-0.05, 0) is 32.0 Å². The van der Waals surface area contributed by atoms with Gasteiger partial charge in [0.25, 0.3) is 0 Å². The van der Waals surface area contributed by atoms with Crippen LogP contribution in [0.1, 0.15) is 25.5 Å². The molecule has 0 bridgehead atoms. The summed E-state index contributed by atoms with van der Waals surface area (Å²) in [6.07, 6.45) is 5.58. The molecule has 2 heterocycles. The smallest absolute Gasteiger partial charge is 0.138 e. The SMILES string of the molecule is CC(C)n1cc(COc2cccnc2)c2cccc(N)c21. The highest BCUT2D eigenvalue weighted by atomic mass is 16.5. The summed E-state index contributed by atoms with van der Waals surface area (Å²) in [4.78, 5) is 4.06. The fourth-order valence-corrected chi connectivity index (χ4v) is 2.53. The van der Waals surface area contributed by atoms with Crippen LogP contribution in [0.5, 0.6) is 5.75 Å². The predicted octanol–water partition coefficient (Wildman–Crippen LogP) is 3.78. The Bertz CT molecular complexity index is 747. The maximum atomic E-state index is 6.14. The van der Waals surface area contributed by atoms with Crippen LogP contribution in [0.25, 0.3) is 10.9 Å². The van der Waals surface area contributed by atoms with Crippen molar-refractivity contribution >= 4 is 16.6 Å². The van der Waals surface area contributed by atoms with Gasteiger partial charge < -0.3 is 15.0 Å². The summed E-state index contributed by atoms with van der Waals surface area (Å²) >= 11 is 0. The van der Waals surface area contributed by atoms with Gasteiger partial charge in [-0.15, -0.1) is 0 Å². The van der Waals surface area contributed by atoms with Crippen LogP contribution in [-0.2, 0) is 6.61 Å². The van der Waals surface area contributed by atoms with Crippen LogP contribution in [0.15, 0.2) is 48.9 Å². The van der Waals surface area contributed by atoms with Gasteiger partial charge in [0.05, 0.1) is 17.4 Å². The number of para-hydroxylation sites is 1. The van der Waals surface area contributed by atoms with Crippen molar-refractivity contribution in [2.45, 2.75) is 26.5 Å². The van der Waals surface area contributed by atoms with Crippen LogP contribution in [-0.4, -0.2) is 9.55 Å². The number of aromatic nitrogens is 2. The Kier molecular flexibility index (Phi) is 3.52. The van der Waals surface area contributed by atoms with E-state index < -0.39 is 0 Å². The molecule has 1 aromatic carbocycles. The minimum absolute atomic E-state index is 0.351. The number of nitrogens with zero attached hydrogens (tertiary/aromatic N) is 2. The number of pyridine rings is 1. The second-order valence-electron chi connectivity index (χ2n) is 5.38. The van der Waals surface area contributed by atoms with Crippen molar-refractivity contribution in [3.63, 3.8) is 0 Å². The Morgan fingerprint density at radius 2 is 2.10 bits per heavy atom. The third-order valence-electron chi connectivity index (χ3n) is 3.55. The van der Waals surface area contributed by atoms with Crippen molar-refractivity contribution < 1.29 is 4.74 Å². The first-order valence-corrected chi connectivity index (χ1v) is 7.07. The second kappa shape index (κ2) is 5.48. The maximum Gasteiger partial charge on any atom is 0.138 e. The number of hydrogen-bond acceptors (Lipinski definition) is 3. The lowest BCUT2D eigenvalue weighted by Gasteiger charge is -2.10. The van der Waals surface area contributed by atoms with Crippen molar-refractivity contribution in [2.75, 3.05) is 5.73 Å². The van der Waals surface area contributed by atoms with E-state index in [1.165, 1.54) is 0 Å². The topological polar surface area (TPSA) is 53.1 Å². The summed E-state index contributed by atoms with van der Waals surface area (Å²) in [5.41, 5.74) is 9.16. The van der Waals surface area contributed by atoms with Gasteiger partial charge in [-0.2, -0.15) is 0 Å². The minimum Gasteiger partial charge on any atom is -0.487 e. The van der Waals surface area contributed by atoms with E-state index in [2.05, 4.69) is 35.7 Å². The van der Waals surface area contributed by atoms with Gasteiger partial charge in [0.1, 0.15) is 12.4 Å². The first-order chi connectivity index (χ1) is 10.2. The molecule has 0 aliphatic heterocycles. The lowest BCUT2D eigenvalue weighted by molar-refractivity contribution is 0.306. The number of rotatable bonds is 4. The normalized spacial score (nSPS) is 11.2. The van der Waals surface area contributed by atoms with E-state index in [9.17, 15) is 0 Å². The molecule has 2 aromatic heterocycles. The van der Waals surface area contributed by atoms with E-state index >= 15 is 0 Å². The van der Waals surface area contributed by atoms with Crippen LogP contribution in [0.3, 0.4) is 0 Å². The third kappa shape index (κ3) is 2.57. The Labute approximate surface area is 124 Å². The number of hydrogen-bond donors (Lipinski definition) is 1. The lowest BCUT2D eigenvalue weighted by atomic mass is 10.1. The molecule has 4 heteroatoms. The van der Waals surface area contributed by atoms with Crippen LogP contribution >= 0.6 is 0 Å². The molecule has 108 valence electrons. The molecule has 0 radical (unpaired) electrons. The molecular weight excluding hydrogens is 262 g/mol. The largest absolute Gasteiger partial charge is 0.487 e. The first-order valence-electron chi connectivity index (χ1n) is 7.07. The number of nitrogen functional groups attached to an aromatic ring is 1. The molecule has 3 aromatic rings. The maximum absolute atomic E-state index is 6.14. The Morgan fingerprint density at radius 1 is 1.24 bits per heavy atom. The van der Waals surface area contributed by atoms with Crippen molar-refractivity contribution in [2.24, 2.45) is 0 Å². The van der Waals surface area contributed by atoms with Crippen molar-refractivity contribution in [1.29, 1.82) is 0 Å². The van der Waals surface area contributed by atoms with Gasteiger partial charge in [-0.1, -0.05) is 12.1 Å². The first kappa shape index (κ1) is 13.5. The summed E-state index contributed by atoms with van der Waals surface area (Å²) in [5.74, 6) is 0.770. The van der Waals surface area contributed by atoms with Crippen molar-refractivity contribution in [1.82, 2.24) is 9.55 Å². The molecule has 21 heavy (non-hydrogen) atoms. The van der Waals surface area contributed by atoms with E-state index in [1.54, 1.807) is 12.4 Å². The molecule has 4 nitrogen and oxygen atoms in total. The Balaban J connectivity index is 1.97. The van der Waals surface area contributed by atoms with E-state index in [1.807, 2.05) is 24.3 Å². The molecule has 2 N–H and O–H groups in total. The Morgan fingerprint density at radius 3 is 2.81 bits per heavy atom. The number of anilines is 1. The van der Waals surface area contributed by atoms with E-state index in [4.69, 9.17) is 10.5 Å². The molecule has 0 spiro atoms. The number of fused-ring (bicyclic) bond motifs is 1. The van der Waals surface area contributed by atoms with Crippen LogP contribution in [0.2, 0.25) is 0 Å². The van der Waals surface area contributed by atoms with Gasteiger partial charge in [0.2, 0.25) is 0 Å².